The Kier molecular flexibility index (Phi) is 8.37. The van der Waals surface area contributed by atoms with E-state index in [9.17, 15) is 14.7 Å². The number of nitrogens with zero attached hydrogens (tertiary/aromatic N) is 1. The first kappa shape index (κ1) is 27.3. The van der Waals surface area contributed by atoms with Gasteiger partial charge in [-0.25, -0.2) is 0 Å². The van der Waals surface area contributed by atoms with Crippen LogP contribution in [0, 0.1) is 5.92 Å². The summed E-state index contributed by atoms with van der Waals surface area (Å²) in [5.41, 5.74) is 2.60. The second-order valence-corrected chi connectivity index (χ2v) is 12.0. The normalized spacial score (nSPS) is 20.1. The smallest absolute Gasteiger partial charge is 0.289 e. The Morgan fingerprint density at radius 2 is 1.89 bits per heavy atom. The van der Waals surface area contributed by atoms with Gasteiger partial charge in [-0.15, -0.1) is 0 Å². The van der Waals surface area contributed by atoms with E-state index in [2.05, 4.69) is 26.1 Å². The summed E-state index contributed by atoms with van der Waals surface area (Å²) in [6.07, 6.45) is 9.95. The molecule has 6 nitrogen and oxygen atoms in total. The van der Waals surface area contributed by atoms with Gasteiger partial charge in [0.15, 0.2) is 11.5 Å². The number of phenolic OH excluding ortho intramolecular Hbond substituents is 1. The van der Waals surface area contributed by atoms with Crippen molar-refractivity contribution in [3.8, 4) is 5.75 Å². The van der Waals surface area contributed by atoms with Crippen molar-refractivity contribution >= 4 is 29.0 Å². The number of halogens is 1. The largest absolute Gasteiger partial charge is 0.506 e. The second-order valence-electron chi connectivity index (χ2n) is 11.6. The summed E-state index contributed by atoms with van der Waals surface area (Å²) in [6.45, 7) is 6.50. The zero-order valence-electron chi connectivity index (χ0n) is 22.4. The Hall–Kier alpha value is -2.73. The van der Waals surface area contributed by atoms with Crippen molar-refractivity contribution in [3.05, 3.63) is 58.0 Å². The molecule has 2 N–H and O–H groups in total. The minimum atomic E-state index is -0.181. The lowest BCUT2D eigenvalue weighted by molar-refractivity contribution is -0.118. The van der Waals surface area contributed by atoms with Crippen LogP contribution in [0.1, 0.15) is 94.0 Å². The fourth-order valence-electron chi connectivity index (χ4n) is 5.43. The van der Waals surface area contributed by atoms with Gasteiger partial charge in [0.1, 0.15) is 11.5 Å². The molecule has 0 radical (unpaired) electrons. The van der Waals surface area contributed by atoms with Crippen LogP contribution in [0.2, 0.25) is 5.02 Å². The minimum absolute atomic E-state index is 0.00363. The Balaban J connectivity index is 1.34. The molecule has 2 aromatic rings. The SMILES string of the molecule is CN(C(=O)c1ccc(CNc2cc(C(C)(C)C)c(Cl)cc2O)o1)[C@@H]1CCC(C(=O)C=C2CCCCC2)C1. The molecule has 7 heteroatoms. The first-order valence-electron chi connectivity index (χ1n) is 13.4. The molecule has 2 saturated carbocycles. The molecule has 4 rings (SSSR count). The maximum Gasteiger partial charge on any atom is 0.289 e. The summed E-state index contributed by atoms with van der Waals surface area (Å²) < 4.78 is 5.85. The van der Waals surface area contributed by atoms with Crippen molar-refractivity contribution in [2.45, 2.75) is 90.1 Å². The molecule has 0 bridgehead atoms. The van der Waals surface area contributed by atoms with Gasteiger partial charge in [0.2, 0.25) is 0 Å². The molecular weight excluding hydrogens is 488 g/mol. The number of hydrogen-bond acceptors (Lipinski definition) is 5. The first-order valence-corrected chi connectivity index (χ1v) is 13.8. The van der Waals surface area contributed by atoms with Crippen molar-refractivity contribution < 1.29 is 19.1 Å². The minimum Gasteiger partial charge on any atom is -0.506 e. The maximum absolute atomic E-state index is 13.1. The molecule has 1 aromatic carbocycles. The van der Waals surface area contributed by atoms with Crippen LogP contribution in [0.5, 0.6) is 5.75 Å². The van der Waals surface area contributed by atoms with Crippen molar-refractivity contribution in [2.75, 3.05) is 12.4 Å². The molecule has 2 aliphatic carbocycles. The zero-order chi connectivity index (χ0) is 26.7. The summed E-state index contributed by atoms with van der Waals surface area (Å²) in [6, 6.07) is 6.87. The molecule has 1 amide bonds. The highest BCUT2D eigenvalue weighted by Crippen LogP contribution is 2.37. The Labute approximate surface area is 225 Å². The van der Waals surface area contributed by atoms with Gasteiger partial charge < -0.3 is 19.7 Å². The van der Waals surface area contributed by atoms with E-state index >= 15 is 0 Å². The van der Waals surface area contributed by atoms with Gasteiger partial charge in [-0.05, 0) is 80.2 Å². The van der Waals surface area contributed by atoms with Crippen LogP contribution in [0.25, 0.3) is 0 Å². The van der Waals surface area contributed by atoms with E-state index in [1.165, 1.54) is 24.8 Å². The number of aromatic hydroxyl groups is 1. The van der Waals surface area contributed by atoms with Gasteiger partial charge in [-0.2, -0.15) is 0 Å². The predicted octanol–water partition coefficient (Wildman–Crippen LogP) is 7.25. The summed E-state index contributed by atoms with van der Waals surface area (Å²) in [4.78, 5) is 27.6. The number of rotatable bonds is 7. The van der Waals surface area contributed by atoms with Crippen LogP contribution in [0.15, 0.2) is 40.3 Å². The number of carbonyl (C=O) groups is 2. The lowest BCUT2D eigenvalue weighted by atomic mass is 9.86. The van der Waals surface area contributed by atoms with E-state index < -0.39 is 0 Å². The third-order valence-electron chi connectivity index (χ3n) is 7.74. The quantitative estimate of drug-likeness (QED) is 0.293. The van der Waals surface area contributed by atoms with E-state index in [0.717, 1.165) is 31.2 Å². The molecule has 1 unspecified atom stereocenters. The van der Waals surface area contributed by atoms with Gasteiger partial charge in [0.05, 0.1) is 12.2 Å². The zero-order valence-corrected chi connectivity index (χ0v) is 23.2. The molecule has 1 heterocycles. The average molecular weight is 527 g/mol. The molecule has 0 spiro atoms. The summed E-state index contributed by atoms with van der Waals surface area (Å²) in [5.74, 6) is 0.961. The number of nitrogens with one attached hydrogen (secondary N) is 1. The molecule has 1 aromatic heterocycles. The lowest BCUT2D eigenvalue weighted by Gasteiger charge is -2.23. The summed E-state index contributed by atoms with van der Waals surface area (Å²) in [5, 5.41) is 14.0. The third kappa shape index (κ3) is 6.59. The lowest BCUT2D eigenvalue weighted by Crippen LogP contribution is -2.35. The number of allylic oxidation sites excluding steroid dienone is 2. The fraction of sp³-hybridized carbons (Fsp3) is 0.533. The van der Waals surface area contributed by atoms with Crippen LogP contribution in [-0.2, 0) is 16.8 Å². The number of benzene rings is 1. The van der Waals surface area contributed by atoms with Crippen molar-refractivity contribution in [3.63, 3.8) is 0 Å². The Morgan fingerprint density at radius 3 is 2.59 bits per heavy atom. The van der Waals surface area contributed by atoms with Gasteiger partial charge in [0.25, 0.3) is 5.91 Å². The molecule has 0 aliphatic heterocycles. The molecule has 2 fully saturated rings. The molecular formula is C30H39ClN2O4. The van der Waals surface area contributed by atoms with Gasteiger partial charge in [-0.3, -0.25) is 9.59 Å². The summed E-state index contributed by atoms with van der Waals surface area (Å²) >= 11 is 6.33. The van der Waals surface area contributed by atoms with Crippen LogP contribution in [0.3, 0.4) is 0 Å². The van der Waals surface area contributed by atoms with E-state index in [1.807, 2.05) is 12.1 Å². The summed E-state index contributed by atoms with van der Waals surface area (Å²) in [7, 11) is 1.79. The van der Waals surface area contributed by atoms with E-state index in [4.69, 9.17) is 16.0 Å². The maximum atomic E-state index is 13.1. The molecule has 200 valence electrons. The van der Waals surface area contributed by atoms with Gasteiger partial charge in [-0.1, -0.05) is 44.4 Å². The second kappa shape index (κ2) is 11.3. The number of hydrogen-bond donors (Lipinski definition) is 2. The fourth-order valence-corrected chi connectivity index (χ4v) is 5.87. The topological polar surface area (TPSA) is 82.8 Å². The Bertz CT molecular complexity index is 1170. The molecule has 2 atom stereocenters. The van der Waals surface area contributed by atoms with E-state index in [1.54, 1.807) is 30.1 Å². The number of ketones is 1. The Morgan fingerprint density at radius 1 is 1.16 bits per heavy atom. The predicted molar refractivity (Wildman–Crippen MR) is 147 cm³/mol. The molecule has 37 heavy (non-hydrogen) atoms. The van der Waals surface area contributed by atoms with Crippen LogP contribution < -0.4 is 5.32 Å². The monoisotopic (exact) mass is 526 g/mol. The van der Waals surface area contributed by atoms with Crippen LogP contribution in [-0.4, -0.2) is 34.8 Å². The van der Waals surface area contributed by atoms with Crippen molar-refractivity contribution in [1.82, 2.24) is 4.90 Å². The average Bonchev–Trinajstić information content (AvgIpc) is 3.53. The van der Waals surface area contributed by atoms with Gasteiger partial charge >= 0.3 is 0 Å². The van der Waals surface area contributed by atoms with E-state index in [-0.39, 0.29) is 40.6 Å². The van der Waals surface area contributed by atoms with Gasteiger partial charge in [0, 0.05) is 30.1 Å². The highest BCUT2D eigenvalue weighted by atomic mass is 35.5. The highest BCUT2D eigenvalue weighted by molar-refractivity contribution is 6.31. The first-order chi connectivity index (χ1) is 17.5. The number of phenols is 1. The van der Waals surface area contributed by atoms with Crippen LogP contribution in [0.4, 0.5) is 5.69 Å². The number of carbonyl (C=O) groups excluding carboxylic acids is 2. The van der Waals surface area contributed by atoms with Crippen LogP contribution >= 0.6 is 11.6 Å². The number of amides is 1. The van der Waals surface area contributed by atoms with Crippen molar-refractivity contribution in [1.29, 1.82) is 0 Å². The number of anilines is 1. The molecule has 2 aliphatic rings. The third-order valence-corrected chi connectivity index (χ3v) is 8.05. The van der Waals surface area contributed by atoms with E-state index in [0.29, 0.717) is 29.4 Å². The number of furan rings is 1. The van der Waals surface area contributed by atoms with Crippen molar-refractivity contribution in [2.24, 2.45) is 5.92 Å². The molecule has 0 saturated heterocycles. The highest BCUT2D eigenvalue weighted by Gasteiger charge is 2.34. The standard InChI is InChI=1S/C30H39ClN2O4/c1-30(2,3)23-16-25(27(35)17-24(23)31)32-18-22-12-13-28(37-22)29(36)33(4)21-11-10-20(15-21)26(34)14-19-8-6-5-7-9-19/h12-14,16-17,20-21,32,35H,5-11,15,18H2,1-4H3/t20?,21-/m1/s1.